The van der Waals surface area contributed by atoms with E-state index in [1.54, 1.807) is 6.26 Å². The van der Waals surface area contributed by atoms with Crippen LogP contribution in [0.25, 0.3) is 0 Å². The Labute approximate surface area is 94.2 Å². The van der Waals surface area contributed by atoms with Crippen molar-refractivity contribution in [1.29, 1.82) is 0 Å². The molecule has 0 aliphatic carbocycles. The van der Waals surface area contributed by atoms with Crippen LogP contribution in [-0.2, 0) is 0 Å². The molecule has 1 aromatic carbocycles. The van der Waals surface area contributed by atoms with Gasteiger partial charge in [-0.2, -0.15) is 0 Å². The molecule has 15 heavy (non-hydrogen) atoms. The van der Waals surface area contributed by atoms with Gasteiger partial charge in [-0.3, -0.25) is 10.1 Å². The van der Waals surface area contributed by atoms with Crippen LogP contribution in [0.3, 0.4) is 0 Å². The zero-order chi connectivity index (χ0) is 11.6. The van der Waals surface area contributed by atoms with E-state index in [1.165, 1.54) is 0 Å². The maximum absolute atomic E-state index is 10.8. The highest BCUT2D eigenvalue weighted by molar-refractivity contribution is 7.98. The van der Waals surface area contributed by atoms with Crippen LogP contribution < -0.4 is 0 Å². The van der Waals surface area contributed by atoms with Crippen molar-refractivity contribution in [3.8, 4) is 0 Å². The number of nitro groups is 1. The first-order valence-corrected chi connectivity index (χ1v) is 5.33. The van der Waals surface area contributed by atoms with Gasteiger partial charge in [0.15, 0.2) is 0 Å². The fourth-order valence-corrected chi connectivity index (χ4v) is 2.12. The molecule has 1 rings (SSSR count). The Kier molecular flexibility index (Phi) is 3.54. The van der Waals surface area contributed by atoms with Gasteiger partial charge in [0.25, 0.3) is 5.69 Å². The Bertz CT molecular complexity index is 435. The Morgan fingerprint density at radius 2 is 2.20 bits per heavy atom. The number of benzene rings is 1. The monoisotopic (exact) mass is 247 g/mol. The van der Waals surface area contributed by atoms with E-state index >= 15 is 0 Å². The molecular formula is C8H6ClNO4S. The lowest BCUT2D eigenvalue weighted by Gasteiger charge is -2.04. The van der Waals surface area contributed by atoms with Gasteiger partial charge in [-0.25, -0.2) is 4.79 Å². The van der Waals surface area contributed by atoms with E-state index in [0.717, 1.165) is 23.9 Å². The first-order valence-electron chi connectivity index (χ1n) is 3.72. The van der Waals surface area contributed by atoms with Crippen LogP contribution in [0.1, 0.15) is 10.4 Å². The molecule has 0 aromatic heterocycles. The highest BCUT2D eigenvalue weighted by Gasteiger charge is 2.19. The number of thioether (sulfide) groups is 1. The van der Waals surface area contributed by atoms with Gasteiger partial charge in [0.2, 0.25) is 0 Å². The summed E-state index contributed by atoms with van der Waals surface area (Å²) in [5, 5.41) is 19.4. The summed E-state index contributed by atoms with van der Waals surface area (Å²) in [6.45, 7) is 0. The zero-order valence-corrected chi connectivity index (χ0v) is 9.13. The molecule has 0 aliphatic rings. The summed E-state index contributed by atoms with van der Waals surface area (Å²) in [5.74, 6) is -1.23. The van der Waals surface area contributed by atoms with Crippen LogP contribution in [0, 0.1) is 10.1 Å². The maximum Gasteiger partial charge on any atom is 0.337 e. The van der Waals surface area contributed by atoms with E-state index in [9.17, 15) is 14.9 Å². The van der Waals surface area contributed by atoms with Crippen molar-refractivity contribution in [1.82, 2.24) is 0 Å². The molecule has 0 unspecified atom stereocenters. The highest BCUT2D eigenvalue weighted by Crippen LogP contribution is 2.33. The Hall–Kier alpha value is -1.27. The average molecular weight is 248 g/mol. The Morgan fingerprint density at radius 3 is 2.60 bits per heavy atom. The predicted octanol–water partition coefficient (Wildman–Crippen LogP) is 2.67. The molecule has 0 saturated heterocycles. The smallest absolute Gasteiger partial charge is 0.337 e. The SMILES string of the molecule is CSc1c(Cl)cc([N+](=O)[O-])cc1C(=O)O. The molecule has 0 saturated carbocycles. The molecule has 0 heterocycles. The molecule has 0 atom stereocenters. The number of carboxylic acid groups (broad SMARTS) is 1. The number of carboxylic acids is 1. The van der Waals surface area contributed by atoms with Gasteiger partial charge < -0.3 is 5.11 Å². The first kappa shape index (κ1) is 11.8. The van der Waals surface area contributed by atoms with Gasteiger partial charge >= 0.3 is 5.97 Å². The highest BCUT2D eigenvalue weighted by atomic mass is 35.5. The summed E-state index contributed by atoms with van der Waals surface area (Å²) in [6.07, 6.45) is 1.65. The standard InChI is InChI=1S/C8H6ClNO4S/c1-15-7-5(8(11)12)2-4(10(13)14)3-6(7)9/h2-3H,1H3,(H,11,12). The quantitative estimate of drug-likeness (QED) is 0.505. The van der Waals surface area contributed by atoms with Gasteiger partial charge in [0.1, 0.15) is 0 Å². The second-order valence-electron chi connectivity index (χ2n) is 2.57. The number of rotatable bonds is 3. The van der Waals surface area contributed by atoms with E-state index in [0.29, 0.717) is 4.90 Å². The van der Waals surface area contributed by atoms with E-state index in [2.05, 4.69) is 0 Å². The number of nitro benzene ring substituents is 1. The number of halogens is 1. The van der Waals surface area contributed by atoms with Crippen LogP contribution >= 0.6 is 23.4 Å². The fourth-order valence-electron chi connectivity index (χ4n) is 1.05. The molecule has 5 nitrogen and oxygen atoms in total. The van der Waals surface area contributed by atoms with Gasteiger partial charge in [0.05, 0.1) is 15.5 Å². The van der Waals surface area contributed by atoms with Crippen molar-refractivity contribution >= 4 is 35.0 Å². The predicted molar refractivity (Wildman–Crippen MR) is 56.8 cm³/mol. The lowest BCUT2D eigenvalue weighted by Crippen LogP contribution is -2.01. The third kappa shape index (κ3) is 2.40. The lowest BCUT2D eigenvalue weighted by molar-refractivity contribution is -0.384. The van der Waals surface area contributed by atoms with Crippen molar-refractivity contribution in [2.75, 3.05) is 6.26 Å². The molecule has 0 spiro atoms. The van der Waals surface area contributed by atoms with Crippen LogP contribution in [-0.4, -0.2) is 22.3 Å². The van der Waals surface area contributed by atoms with Gasteiger partial charge in [-0.1, -0.05) is 11.6 Å². The van der Waals surface area contributed by atoms with Crippen LogP contribution in [0.2, 0.25) is 5.02 Å². The van der Waals surface area contributed by atoms with Gasteiger partial charge in [0, 0.05) is 17.0 Å². The minimum absolute atomic E-state index is 0.0779. The minimum atomic E-state index is -1.23. The van der Waals surface area contributed by atoms with Crippen LogP contribution in [0.5, 0.6) is 0 Å². The second-order valence-corrected chi connectivity index (χ2v) is 3.79. The Morgan fingerprint density at radius 1 is 1.60 bits per heavy atom. The summed E-state index contributed by atoms with van der Waals surface area (Å²) < 4.78 is 0. The summed E-state index contributed by atoms with van der Waals surface area (Å²) in [5.41, 5.74) is -0.475. The topological polar surface area (TPSA) is 80.4 Å². The van der Waals surface area contributed by atoms with Crippen molar-refractivity contribution in [3.05, 3.63) is 32.8 Å². The van der Waals surface area contributed by atoms with Gasteiger partial charge in [-0.05, 0) is 6.26 Å². The fraction of sp³-hybridized carbons (Fsp3) is 0.125. The van der Waals surface area contributed by atoms with Crippen molar-refractivity contribution in [2.45, 2.75) is 4.90 Å². The molecule has 0 aliphatic heterocycles. The number of hydrogen-bond donors (Lipinski definition) is 1. The third-order valence-electron chi connectivity index (χ3n) is 1.67. The van der Waals surface area contributed by atoms with Crippen molar-refractivity contribution in [2.24, 2.45) is 0 Å². The average Bonchev–Trinajstić information content (AvgIpc) is 2.16. The van der Waals surface area contributed by atoms with Crippen LogP contribution in [0.15, 0.2) is 17.0 Å². The number of aromatic carboxylic acids is 1. The minimum Gasteiger partial charge on any atom is -0.478 e. The van der Waals surface area contributed by atoms with E-state index in [1.807, 2.05) is 0 Å². The molecule has 0 fully saturated rings. The van der Waals surface area contributed by atoms with E-state index < -0.39 is 10.9 Å². The molecule has 7 heteroatoms. The molecular weight excluding hydrogens is 242 g/mol. The van der Waals surface area contributed by atoms with E-state index in [-0.39, 0.29) is 16.3 Å². The summed E-state index contributed by atoms with van der Waals surface area (Å²) in [4.78, 5) is 20.9. The molecule has 80 valence electrons. The molecule has 1 aromatic rings. The number of carbonyl (C=O) groups is 1. The Balaban J connectivity index is 3.45. The van der Waals surface area contributed by atoms with Crippen molar-refractivity contribution in [3.63, 3.8) is 0 Å². The third-order valence-corrected chi connectivity index (χ3v) is 2.93. The molecule has 1 N–H and O–H groups in total. The van der Waals surface area contributed by atoms with Crippen LogP contribution in [0.4, 0.5) is 5.69 Å². The molecule has 0 bridgehead atoms. The molecule has 0 amide bonds. The largest absolute Gasteiger partial charge is 0.478 e. The maximum atomic E-state index is 10.8. The normalized spacial score (nSPS) is 10.0. The summed E-state index contributed by atoms with van der Waals surface area (Å²) in [7, 11) is 0. The first-order chi connectivity index (χ1) is 6.97. The number of non-ortho nitro benzene ring substituents is 1. The lowest BCUT2D eigenvalue weighted by atomic mass is 10.2. The zero-order valence-electron chi connectivity index (χ0n) is 7.56. The van der Waals surface area contributed by atoms with Crippen molar-refractivity contribution < 1.29 is 14.8 Å². The summed E-state index contributed by atoms with van der Waals surface area (Å²) >= 11 is 6.87. The van der Waals surface area contributed by atoms with E-state index in [4.69, 9.17) is 16.7 Å². The van der Waals surface area contributed by atoms with Gasteiger partial charge in [-0.15, -0.1) is 11.8 Å². The number of nitrogens with zero attached hydrogens (tertiary/aromatic N) is 1. The second kappa shape index (κ2) is 4.50. The molecule has 0 radical (unpaired) electrons. The summed E-state index contributed by atoms with van der Waals surface area (Å²) in [6, 6.07) is 2.14. The number of hydrogen-bond acceptors (Lipinski definition) is 4.